The first-order valence-electron chi connectivity index (χ1n) is 5.75. The van der Waals surface area contributed by atoms with Crippen LogP contribution in [0.2, 0.25) is 0 Å². The van der Waals surface area contributed by atoms with E-state index in [0.29, 0.717) is 0 Å². The zero-order chi connectivity index (χ0) is 12.1. The van der Waals surface area contributed by atoms with Crippen LogP contribution in [0.15, 0.2) is 72.6 Å². The molecule has 0 spiro atoms. The van der Waals surface area contributed by atoms with E-state index in [2.05, 4.69) is 85.8 Å². The molecule has 0 aliphatic carbocycles. The Balaban J connectivity index is 2.60. The SMILES string of the molecule is C=P(C=CC)(c1ccccc1)c1ccccc1. The van der Waals surface area contributed by atoms with E-state index in [4.69, 9.17) is 0 Å². The van der Waals surface area contributed by atoms with Gasteiger partial charge in [-0.3, -0.25) is 0 Å². The molecule has 0 saturated carbocycles. The van der Waals surface area contributed by atoms with Gasteiger partial charge in [-0.25, -0.2) is 0 Å². The molecule has 86 valence electrons. The summed E-state index contributed by atoms with van der Waals surface area (Å²) in [6, 6.07) is 21.1. The van der Waals surface area contributed by atoms with Gasteiger partial charge in [-0.15, -0.1) is 0 Å². The Morgan fingerprint density at radius 2 is 1.24 bits per heavy atom. The fraction of sp³-hybridized carbons (Fsp3) is 0.0625. The van der Waals surface area contributed by atoms with Gasteiger partial charge in [0.25, 0.3) is 0 Å². The highest BCUT2D eigenvalue weighted by molar-refractivity contribution is 7.89. The fourth-order valence-electron chi connectivity index (χ4n) is 1.96. The maximum absolute atomic E-state index is 4.52. The molecule has 2 rings (SSSR count). The van der Waals surface area contributed by atoms with Crippen molar-refractivity contribution >= 4 is 23.8 Å². The van der Waals surface area contributed by atoms with Crippen LogP contribution in [-0.2, 0) is 0 Å². The summed E-state index contributed by atoms with van der Waals surface area (Å²) in [5, 5.41) is 2.65. The Morgan fingerprint density at radius 3 is 1.59 bits per heavy atom. The summed E-state index contributed by atoms with van der Waals surface area (Å²) in [6.45, 7) is 0.457. The first kappa shape index (κ1) is 12.0. The van der Waals surface area contributed by atoms with Crippen molar-refractivity contribution in [3.05, 3.63) is 72.6 Å². The van der Waals surface area contributed by atoms with Crippen molar-refractivity contribution in [2.45, 2.75) is 6.92 Å². The third-order valence-corrected chi connectivity index (χ3v) is 6.08. The lowest BCUT2D eigenvalue weighted by molar-refractivity contribution is 1.74. The third kappa shape index (κ3) is 2.43. The maximum atomic E-state index is 4.52. The number of hydrogen-bond donors (Lipinski definition) is 0. The van der Waals surface area contributed by atoms with Crippen molar-refractivity contribution in [2.24, 2.45) is 0 Å². The molecule has 0 N–H and O–H groups in total. The fourth-order valence-corrected chi connectivity index (χ4v) is 4.52. The van der Waals surface area contributed by atoms with Crippen LogP contribution in [0.1, 0.15) is 6.92 Å². The molecule has 0 fully saturated rings. The summed E-state index contributed by atoms with van der Waals surface area (Å²) >= 11 is 0. The zero-order valence-corrected chi connectivity index (χ0v) is 11.0. The molecule has 17 heavy (non-hydrogen) atoms. The number of allylic oxidation sites excluding steroid dienone is 1. The van der Waals surface area contributed by atoms with Gasteiger partial charge in [0.05, 0.1) is 0 Å². The number of benzene rings is 2. The summed E-state index contributed by atoms with van der Waals surface area (Å²) < 4.78 is 0. The lowest BCUT2D eigenvalue weighted by Crippen LogP contribution is -2.14. The molecule has 0 nitrogen and oxygen atoms in total. The molecule has 0 unspecified atom stereocenters. The average Bonchev–Trinajstić information content (AvgIpc) is 2.41. The quantitative estimate of drug-likeness (QED) is 0.719. The van der Waals surface area contributed by atoms with E-state index in [9.17, 15) is 0 Å². The van der Waals surface area contributed by atoms with Crippen LogP contribution in [-0.4, -0.2) is 6.30 Å². The second kappa shape index (κ2) is 5.21. The van der Waals surface area contributed by atoms with Gasteiger partial charge in [-0.05, 0) is 24.4 Å². The molecular weight excluding hydrogens is 223 g/mol. The van der Waals surface area contributed by atoms with E-state index in [-0.39, 0.29) is 0 Å². The molecule has 0 aliphatic rings. The van der Waals surface area contributed by atoms with E-state index in [0.717, 1.165) is 0 Å². The molecule has 0 heterocycles. The molecule has 0 bridgehead atoms. The largest absolute Gasteiger partial charge is 0.0892 e. The van der Waals surface area contributed by atoms with E-state index in [1.165, 1.54) is 10.6 Å². The van der Waals surface area contributed by atoms with Gasteiger partial charge in [-0.2, -0.15) is 0 Å². The van der Waals surface area contributed by atoms with Crippen LogP contribution < -0.4 is 10.6 Å². The van der Waals surface area contributed by atoms with Gasteiger partial charge in [-0.1, -0.05) is 78.9 Å². The first-order chi connectivity index (χ1) is 8.27. The summed E-state index contributed by atoms with van der Waals surface area (Å²) in [7, 11) is 0. The smallest absolute Gasteiger partial charge is 0.0171 e. The molecule has 2 aromatic rings. The summed E-state index contributed by atoms with van der Waals surface area (Å²) in [5.41, 5.74) is 0. The number of hydrogen-bond acceptors (Lipinski definition) is 0. The highest BCUT2D eigenvalue weighted by atomic mass is 31.2. The number of rotatable bonds is 3. The summed E-state index contributed by atoms with van der Waals surface area (Å²) in [5.74, 6) is 2.26. The Labute approximate surface area is 104 Å². The van der Waals surface area contributed by atoms with Crippen LogP contribution in [0, 0.1) is 0 Å². The standard InChI is InChI=1S/C16H17P/c1-3-14-17(2,15-10-6-4-7-11-15)16-12-8-5-9-13-16/h3-14H,2H2,1H3. The van der Waals surface area contributed by atoms with Crippen LogP contribution in [0.4, 0.5) is 0 Å². The van der Waals surface area contributed by atoms with Crippen molar-refractivity contribution in [2.75, 3.05) is 0 Å². The minimum atomic E-state index is -1.60. The molecule has 0 radical (unpaired) electrons. The zero-order valence-electron chi connectivity index (χ0n) is 10.1. The topological polar surface area (TPSA) is 0 Å². The summed E-state index contributed by atoms with van der Waals surface area (Å²) in [4.78, 5) is 0. The van der Waals surface area contributed by atoms with Gasteiger partial charge < -0.3 is 0 Å². The minimum absolute atomic E-state index is 1.32. The predicted octanol–water partition coefficient (Wildman–Crippen LogP) is 3.62. The van der Waals surface area contributed by atoms with E-state index in [1.54, 1.807) is 0 Å². The second-order valence-corrected chi connectivity index (χ2v) is 7.09. The molecule has 0 aliphatic heterocycles. The monoisotopic (exact) mass is 240 g/mol. The van der Waals surface area contributed by atoms with Crippen LogP contribution in [0.3, 0.4) is 0 Å². The molecular formula is C16H17P. The van der Waals surface area contributed by atoms with Crippen LogP contribution in [0.25, 0.3) is 0 Å². The van der Waals surface area contributed by atoms with Crippen molar-refractivity contribution in [1.82, 2.24) is 0 Å². The Morgan fingerprint density at radius 1 is 0.824 bits per heavy atom. The van der Waals surface area contributed by atoms with Gasteiger partial charge in [0.1, 0.15) is 0 Å². The molecule has 2 aromatic carbocycles. The molecule has 0 amide bonds. The van der Waals surface area contributed by atoms with E-state index in [1.807, 2.05) is 0 Å². The Kier molecular flexibility index (Phi) is 3.66. The first-order valence-corrected chi connectivity index (χ1v) is 7.80. The lowest BCUT2D eigenvalue weighted by atomic mass is 10.4. The van der Waals surface area contributed by atoms with Crippen molar-refractivity contribution in [3.63, 3.8) is 0 Å². The summed E-state index contributed by atoms with van der Waals surface area (Å²) in [6.07, 6.45) is 6.64. The average molecular weight is 240 g/mol. The Bertz CT molecular complexity index is 495. The molecule has 0 atom stereocenters. The van der Waals surface area contributed by atoms with Crippen molar-refractivity contribution in [1.29, 1.82) is 0 Å². The second-order valence-electron chi connectivity index (χ2n) is 4.02. The molecule has 1 heteroatoms. The highest BCUT2D eigenvalue weighted by Gasteiger charge is 2.14. The lowest BCUT2D eigenvalue weighted by Gasteiger charge is -2.21. The van der Waals surface area contributed by atoms with Gasteiger partial charge >= 0.3 is 0 Å². The van der Waals surface area contributed by atoms with E-state index < -0.39 is 6.89 Å². The predicted molar refractivity (Wildman–Crippen MR) is 81.0 cm³/mol. The van der Waals surface area contributed by atoms with Gasteiger partial charge in [0.15, 0.2) is 0 Å². The van der Waals surface area contributed by atoms with Crippen LogP contribution in [0.5, 0.6) is 0 Å². The van der Waals surface area contributed by atoms with Crippen molar-refractivity contribution < 1.29 is 0 Å². The Hall–Kier alpha value is -1.52. The maximum Gasteiger partial charge on any atom is -0.0171 e. The normalized spacial score (nSPS) is 11.8. The van der Waals surface area contributed by atoms with Gasteiger partial charge in [0.2, 0.25) is 0 Å². The highest BCUT2D eigenvalue weighted by Crippen LogP contribution is 2.44. The molecule has 0 saturated heterocycles. The van der Waals surface area contributed by atoms with Crippen LogP contribution >= 0.6 is 6.89 Å². The minimum Gasteiger partial charge on any atom is -0.0892 e. The molecule has 0 aromatic heterocycles. The van der Waals surface area contributed by atoms with Crippen molar-refractivity contribution in [3.8, 4) is 0 Å². The third-order valence-electron chi connectivity index (χ3n) is 2.84. The van der Waals surface area contributed by atoms with Gasteiger partial charge in [0, 0.05) is 0 Å². The van der Waals surface area contributed by atoms with E-state index >= 15 is 0 Å².